The standard InChI is InChI=1S/C22H19N3.C13H10F2N.Ir/c1-17-11-9-10-16-21(17)25-18(2)24(20-14-7-4-8-15-20)22(23-25)19-12-5-3-6-13-19;1-9-7-10(14)8-11(15)13(9)12-5-3-4-6-16(12)2;/h3-16,18H,1-2H2;3-8H,1-2H2;/q-2;-1;. The molecule has 4 nitrogen and oxygen atoms in total. The summed E-state index contributed by atoms with van der Waals surface area (Å²) in [5.41, 5.74) is 5.16. The van der Waals surface area contributed by atoms with Crippen LogP contribution in [0.5, 0.6) is 0 Å². The number of hydrogen-bond donors (Lipinski definition) is 0. The third kappa shape index (κ3) is 6.33. The Morgan fingerprint density at radius 1 is 0.738 bits per heavy atom. The fraction of sp³-hybridized carbons (Fsp3) is 0.0286. The Hall–Kier alpha value is -4.58. The van der Waals surface area contributed by atoms with Gasteiger partial charge in [0.1, 0.15) is 0 Å². The minimum Gasteiger partial charge on any atom is -0.343 e. The fourth-order valence-electron chi connectivity index (χ4n) is 4.70. The molecule has 1 radical (unpaired) electrons. The van der Waals surface area contributed by atoms with E-state index in [1.54, 1.807) is 24.4 Å². The van der Waals surface area contributed by atoms with Gasteiger partial charge in [-0.05, 0) is 30.1 Å². The van der Waals surface area contributed by atoms with E-state index in [0.717, 1.165) is 34.4 Å². The Bertz CT molecular complexity index is 1650. The van der Waals surface area contributed by atoms with Gasteiger partial charge in [0.25, 0.3) is 0 Å². The molecule has 0 aliphatic carbocycles. The fourth-order valence-corrected chi connectivity index (χ4v) is 4.70. The number of aromatic nitrogens is 1. The van der Waals surface area contributed by atoms with Crippen molar-refractivity contribution in [2.45, 2.75) is 6.17 Å². The average Bonchev–Trinajstić information content (AvgIpc) is 3.32. The van der Waals surface area contributed by atoms with Crippen molar-refractivity contribution in [3.8, 4) is 11.3 Å². The van der Waals surface area contributed by atoms with Crippen LogP contribution < -0.4 is 14.5 Å². The van der Waals surface area contributed by atoms with Crippen LogP contribution in [0.1, 0.15) is 16.7 Å². The molecular formula is C35H29F2IrN4-3. The summed E-state index contributed by atoms with van der Waals surface area (Å²) in [7, 11) is 3.73. The third-order valence-electron chi connectivity index (χ3n) is 6.65. The van der Waals surface area contributed by atoms with Crippen molar-refractivity contribution in [2.75, 3.05) is 9.91 Å². The SMILES string of the molecule is [CH2-]c1cc(F)cc(F)c1-c1cccc[n+]1[CH2-].[CH2-]c1ccccc1N1N=C(c2ccccc2)N(c2ccccc2)C1[CH2-].[Ir]. The molecule has 2 heterocycles. The molecule has 0 N–H and O–H groups in total. The van der Waals surface area contributed by atoms with Crippen LogP contribution in [0.3, 0.4) is 0 Å². The van der Waals surface area contributed by atoms with E-state index in [9.17, 15) is 8.78 Å². The van der Waals surface area contributed by atoms with Crippen molar-refractivity contribution < 1.29 is 33.5 Å². The van der Waals surface area contributed by atoms with Crippen molar-refractivity contribution in [2.24, 2.45) is 5.10 Å². The van der Waals surface area contributed by atoms with E-state index in [1.807, 2.05) is 65.7 Å². The van der Waals surface area contributed by atoms with Crippen LogP contribution in [-0.4, -0.2) is 12.0 Å². The first-order valence-electron chi connectivity index (χ1n) is 13.0. The van der Waals surface area contributed by atoms with Crippen LogP contribution in [0.2, 0.25) is 0 Å². The zero-order valence-corrected chi connectivity index (χ0v) is 25.2. The van der Waals surface area contributed by atoms with Gasteiger partial charge in [0.2, 0.25) is 0 Å². The van der Waals surface area contributed by atoms with Gasteiger partial charge in [-0.15, -0.1) is 12.1 Å². The van der Waals surface area contributed by atoms with Crippen molar-refractivity contribution in [3.63, 3.8) is 0 Å². The second-order valence-corrected chi connectivity index (χ2v) is 9.43. The second kappa shape index (κ2) is 13.4. The molecule has 5 aromatic rings. The maximum absolute atomic E-state index is 13.7. The zero-order valence-electron chi connectivity index (χ0n) is 22.8. The largest absolute Gasteiger partial charge is 0.343 e. The molecule has 6 rings (SSSR count). The molecule has 0 saturated carbocycles. The van der Waals surface area contributed by atoms with Crippen molar-refractivity contribution >= 4 is 17.2 Å². The smallest absolute Gasteiger partial charge is 0.159 e. The Kier molecular flexibility index (Phi) is 9.68. The molecule has 1 aliphatic rings. The zero-order chi connectivity index (χ0) is 28.9. The predicted octanol–water partition coefficient (Wildman–Crippen LogP) is 7.46. The number of halogens is 2. The van der Waals surface area contributed by atoms with Crippen molar-refractivity contribution in [1.29, 1.82) is 0 Å². The summed E-state index contributed by atoms with van der Waals surface area (Å²) in [4.78, 5) is 2.15. The van der Waals surface area contributed by atoms with E-state index in [1.165, 1.54) is 10.6 Å². The molecule has 0 bridgehead atoms. The number of pyridine rings is 1. The number of nitrogens with zero attached hydrogens (tertiary/aromatic N) is 4. The molecule has 0 spiro atoms. The molecule has 42 heavy (non-hydrogen) atoms. The number of amidine groups is 1. The monoisotopic (exact) mass is 736 g/mol. The summed E-state index contributed by atoms with van der Waals surface area (Å²) in [6.45, 7) is 12.2. The molecule has 1 aliphatic heterocycles. The maximum Gasteiger partial charge on any atom is 0.159 e. The molecule has 0 saturated heterocycles. The summed E-state index contributed by atoms with van der Waals surface area (Å²) >= 11 is 0. The van der Waals surface area contributed by atoms with E-state index >= 15 is 0 Å². The summed E-state index contributed by atoms with van der Waals surface area (Å²) in [5, 5.41) is 6.84. The van der Waals surface area contributed by atoms with E-state index in [-0.39, 0.29) is 31.8 Å². The van der Waals surface area contributed by atoms with Gasteiger partial charge in [-0.25, -0.2) is 8.78 Å². The number of hydrogen-bond acceptors (Lipinski definition) is 3. The Morgan fingerprint density at radius 2 is 1.36 bits per heavy atom. The molecule has 0 amide bonds. The minimum absolute atomic E-state index is 0. The molecule has 7 heteroatoms. The van der Waals surface area contributed by atoms with Gasteiger partial charge in [-0.2, -0.15) is 36.1 Å². The summed E-state index contributed by atoms with van der Waals surface area (Å²) in [6.07, 6.45) is 1.50. The number of para-hydroxylation sites is 2. The van der Waals surface area contributed by atoms with E-state index < -0.39 is 11.6 Å². The summed E-state index contributed by atoms with van der Waals surface area (Å²) in [6, 6.07) is 35.7. The Morgan fingerprint density at radius 3 is 2.00 bits per heavy atom. The molecule has 4 aromatic carbocycles. The predicted molar refractivity (Wildman–Crippen MR) is 162 cm³/mol. The second-order valence-electron chi connectivity index (χ2n) is 9.43. The third-order valence-corrected chi connectivity index (χ3v) is 6.65. The average molecular weight is 736 g/mol. The van der Waals surface area contributed by atoms with E-state index in [0.29, 0.717) is 11.3 Å². The Balaban J connectivity index is 0.000000207. The number of anilines is 2. The first-order valence-corrected chi connectivity index (χ1v) is 13.0. The number of benzene rings is 4. The van der Waals surface area contributed by atoms with E-state index in [2.05, 4.69) is 57.0 Å². The van der Waals surface area contributed by atoms with Crippen molar-refractivity contribution in [1.82, 2.24) is 0 Å². The maximum atomic E-state index is 13.7. The molecule has 1 unspecified atom stereocenters. The number of rotatable bonds is 4. The molecular weight excluding hydrogens is 707 g/mol. The van der Waals surface area contributed by atoms with Gasteiger partial charge in [-0.3, -0.25) is 0 Å². The van der Waals surface area contributed by atoms with Gasteiger partial charge in [0.05, 0.1) is 23.5 Å². The first kappa shape index (κ1) is 30.4. The molecule has 0 fully saturated rings. The van der Waals surface area contributed by atoms with Crippen LogP contribution in [0.15, 0.2) is 127 Å². The quantitative estimate of drug-likeness (QED) is 0.141. The van der Waals surface area contributed by atoms with Crippen LogP contribution in [0.4, 0.5) is 20.2 Å². The van der Waals surface area contributed by atoms with Crippen LogP contribution in [0.25, 0.3) is 11.3 Å². The van der Waals surface area contributed by atoms with Crippen LogP contribution in [0, 0.1) is 39.5 Å². The van der Waals surface area contributed by atoms with Gasteiger partial charge in [-0.1, -0.05) is 84.4 Å². The normalized spacial score (nSPS) is 14.0. The molecule has 215 valence electrons. The van der Waals surface area contributed by atoms with Crippen molar-refractivity contribution in [3.05, 3.63) is 178 Å². The van der Waals surface area contributed by atoms with Gasteiger partial charge in [0.15, 0.2) is 5.84 Å². The van der Waals surface area contributed by atoms with Gasteiger partial charge < -0.3 is 21.4 Å². The molecule has 1 aromatic heterocycles. The van der Waals surface area contributed by atoms with E-state index in [4.69, 9.17) is 5.10 Å². The van der Waals surface area contributed by atoms with Crippen LogP contribution in [-0.2, 0) is 20.1 Å². The molecule has 1 atom stereocenters. The Labute approximate surface area is 259 Å². The van der Waals surface area contributed by atoms with Crippen LogP contribution >= 0.6 is 0 Å². The summed E-state index contributed by atoms with van der Waals surface area (Å²) in [5.74, 6) is -0.374. The van der Waals surface area contributed by atoms with Gasteiger partial charge >= 0.3 is 0 Å². The first-order chi connectivity index (χ1) is 19.8. The topological polar surface area (TPSA) is 22.7 Å². The van der Waals surface area contributed by atoms with Gasteiger partial charge in [0, 0.05) is 38.4 Å². The summed E-state index contributed by atoms with van der Waals surface area (Å²) < 4.78 is 28.1. The number of hydrazone groups is 1. The minimum atomic E-state index is -0.631.